The fourth-order valence-electron chi connectivity index (χ4n) is 4.31. The molecule has 152 valence electrons. The lowest BCUT2D eigenvalue weighted by atomic mass is 9.90. The summed E-state index contributed by atoms with van der Waals surface area (Å²) in [7, 11) is 0. The molecule has 0 aromatic heterocycles. The Hall–Kier alpha value is -2.37. The number of carbonyl (C=O) groups excluding carboxylic acids is 3. The third-order valence-corrected chi connectivity index (χ3v) is 5.75. The maximum atomic E-state index is 13.0. The molecule has 1 atom stereocenters. The summed E-state index contributed by atoms with van der Waals surface area (Å²) in [5.41, 5.74) is 0.229. The minimum Gasteiger partial charge on any atom is -0.348 e. The molecule has 1 saturated heterocycles. The third-order valence-electron chi connectivity index (χ3n) is 5.75. The van der Waals surface area contributed by atoms with Crippen molar-refractivity contribution in [1.29, 1.82) is 0 Å². The van der Waals surface area contributed by atoms with Crippen LogP contribution in [0.25, 0.3) is 0 Å². The second kappa shape index (κ2) is 8.76. The fourth-order valence-corrected chi connectivity index (χ4v) is 4.31. The van der Waals surface area contributed by atoms with E-state index in [4.69, 9.17) is 0 Å². The molecular formula is C22H31N3O3. The predicted octanol–water partition coefficient (Wildman–Crippen LogP) is 3.53. The zero-order valence-electron chi connectivity index (χ0n) is 16.9. The second-order valence-corrected chi connectivity index (χ2v) is 8.48. The van der Waals surface area contributed by atoms with E-state index in [0.29, 0.717) is 18.8 Å². The molecule has 1 aromatic carbocycles. The quantitative estimate of drug-likeness (QED) is 0.735. The Balaban J connectivity index is 1.67. The smallest absolute Gasteiger partial charge is 0.325 e. The number of rotatable bonds is 6. The first-order chi connectivity index (χ1) is 13.4. The van der Waals surface area contributed by atoms with Gasteiger partial charge in [-0.3, -0.25) is 14.5 Å². The summed E-state index contributed by atoms with van der Waals surface area (Å²) in [6.45, 7) is 3.98. The van der Waals surface area contributed by atoms with E-state index in [0.717, 1.165) is 42.6 Å². The summed E-state index contributed by atoms with van der Waals surface area (Å²) in [6.07, 6.45) is 6.14. The molecule has 1 aliphatic carbocycles. The van der Waals surface area contributed by atoms with Gasteiger partial charge in [0.1, 0.15) is 12.1 Å². The Bertz CT molecular complexity index is 709. The number of benzene rings is 1. The number of nitrogens with zero attached hydrogens (tertiary/aromatic N) is 1. The van der Waals surface area contributed by atoms with Crippen LogP contribution in [-0.4, -0.2) is 34.8 Å². The second-order valence-electron chi connectivity index (χ2n) is 8.48. The highest BCUT2D eigenvalue weighted by Gasteiger charge is 2.51. The predicted molar refractivity (Wildman–Crippen MR) is 107 cm³/mol. The average molecular weight is 386 g/mol. The molecule has 4 amide bonds. The molecule has 1 aliphatic heterocycles. The van der Waals surface area contributed by atoms with Gasteiger partial charge in [-0.2, -0.15) is 0 Å². The minimum atomic E-state index is -0.801. The average Bonchev–Trinajstić information content (AvgIpc) is 2.83. The molecule has 28 heavy (non-hydrogen) atoms. The van der Waals surface area contributed by atoms with Crippen molar-refractivity contribution in [2.24, 2.45) is 5.92 Å². The Morgan fingerprint density at radius 3 is 2.36 bits per heavy atom. The van der Waals surface area contributed by atoms with Crippen LogP contribution in [0.4, 0.5) is 4.79 Å². The Morgan fingerprint density at radius 2 is 1.75 bits per heavy atom. The molecule has 1 heterocycles. The minimum absolute atomic E-state index is 0.138. The maximum absolute atomic E-state index is 13.0. The number of imide groups is 1. The van der Waals surface area contributed by atoms with Crippen molar-refractivity contribution in [3.8, 4) is 0 Å². The van der Waals surface area contributed by atoms with E-state index in [1.54, 1.807) is 0 Å². The van der Waals surface area contributed by atoms with Gasteiger partial charge in [-0.05, 0) is 30.7 Å². The van der Waals surface area contributed by atoms with Gasteiger partial charge in [0.15, 0.2) is 0 Å². The van der Waals surface area contributed by atoms with Crippen molar-refractivity contribution in [2.45, 2.75) is 70.4 Å². The van der Waals surface area contributed by atoms with Crippen LogP contribution >= 0.6 is 0 Å². The Morgan fingerprint density at radius 1 is 1.11 bits per heavy atom. The van der Waals surface area contributed by atoms with E-state index >= 15 is 0 Å². The number of hydrogen-bond acceptors (Lipinski definition) is 3. The van der Waals surface area contributed by atoms with Crippen molar-refractivity contribution in [2.75, 3.05) is 6.54 Å². The summed E-state index contributed by atoms with van der Waals surface area (Å²) in [5.74, 6) is -0.144. The van der Waals surface area contributed by atoms with Gasteiger partial charge in [0.2, 0.25) is 5.91 Å². The molecule has 3 rings (SSSR count). The molecule has 0 bridgehead atoms. The van der Waals surface area contributed by atoms with Gasteiger partial charge in [0.25, 0.3) is 5.91 Å². The summed E-state index contributed by atoms with van der Waals surface area (Å²) in [6, 6.07) is 9.23. The molecule has 2 fully saturated rings. The zero-order chi connectivity index (χ0) is 20.1. The van der Waals surface area contributed by atoms with Gasteiger partial charge in [-0.1, -0.05) is 69.9 Å². The van der Waals surface area contributed by atoms with Gasteiger partial charge in [-0.15, -0.1) is 0 Å². The molecule has 0 radical (unpaired) electrons. The molecule has 1 aromatic rings. The summed E-state index contributed by atoms with van der Waals surface area (Å²) >= 11 is 0. The van der Waals surface area contributed by atoms with Crippen LogP contribution < -0.4 is 10.6 Å². The normalized spacial score (nSPS) is 20.2. The number of amides is 4. The van der Waals surface area contributed by atoms with Gasteiger partial charge in [0.05, 0.1) is 6.04 Å². The van der Waals surface area contributed by atoms with Crippen LogP contribution in [-0.2, 0) is 9.59 Å². The number of carbonyl (C=O) groups is 3. The van der Waals surface area contributed by atoms with Crippen LogP contribution in [0.3, 0.4) is 0 Å². The van der Waals surface area contributed by atoms with Gasteiger partial charge in [0, 0.05) is 0 Å². The molecular weight excluding hydrogens is 354 g/mol. The summed E-state index contributed by atoms with van der Waals surface area (Å²) in [4.78, 5) is 39.2. The van der Waals surface area contributed by atoms with Crippen molar-refractivity contribution in [3.63, 3.8) is 0 Å². The van der Waals surface area contributed by atoms with E-state index in [9.17, 15) is 14.4 Å². The molecule has 6 nitrogen and oxygen atoms in total. The van der Waals surface area contributed by atoms with E-state index < -0.39 is 11.6 Å². The molecule has 1 spiro atoms. The van der Waals surface area contributed by atoms with Crippen molar-refractivity contribution < 1.29 is 14.4 Å². The first-order valence-corrected chi connectivity index (χ1v) is 10.4. The van der Waals surface area contributed by atoms with Gasteiger partial charge in [-0.25, -0.2) is 4.79 Å². The van der Waals surface area contributed by atoms with Crippen molar-refractivity contribution in [3.05, 3.63) is 35.9 Å². The van der Waals surface area contributed by atoms with Crippen LogP contribution in [0.15, 0.2) is 30.3 Å². The largest absolute Gasteiger partial charge is 0.348 e. The lowest BCUT2D eigenvalue weighted by molar-refractivity contribution is -0.135. The lowest BCUT2D eigenvalue weighted by Crippen LogP contribution is -2.47. The zero-order valence-corrected chi connectivity index (χ0v) is 16.9. The highest BCUT2D eigenvalue weighted by molar-refractivity contribution is 6.09. The van der Waals surface area contributed by atoms with E-state index in [1.807, 2.05) is 30.3 Å². The highest BCUT2D eigenvalue weighted by atomic mass is 16.2. The Labute approximate surface area is 167 Å². The molecule has 1 unspecified atom stereocenters. The first kappa shape index (κ1) is 20.4. The van der Waals surface area contributed by atoms with E-state index in [2.05, 4.69) is 24.5 Å². The maximum Gasteiger partial charge on any atom is 0.325 e. The van der Waals surface area contributed by atoms with Gasteiger partial charge < -0.3 is 10.6 Å². The van der Waals surface area contributed by atoms with E-state index in [1.165, 1.54) is 0 Å². The molecule has 2 N–H and O–H groups in total. The molecule has 2 aliphatic rings. The lowest BCUT2D eigenvalue weighted by Gasteiger charge is -2.25. The fraction of sp³-hybridized carbons (Fsp3) is 0.591. The van der Waals surface area contributed by atoms with Crippen LogP contribution in [0, 0.1) is 5.92 Å². The SMILES string of the molecule is CC(C)CC(NC(=O)CN1C(=O)NC2(CCCCCC2)C1=O)c1ccccc1. The molecule has 6 heteroatoms. The topological polar surface area (TPSA) is 78.5 Å². The van der Waals surface area contributed by atoms with Crippen molar-refractivity contribution >= 4 is 17.8 Å². The number of urea groups is 1. The summed E-state index contributed by atoms with van der Waals surface area (Å²) < 4.78 is 0. The summed E-state index contributed by atoms with van der Waals surface area (Å²) in [5, 5.41) is 5.91. The highest BCUT2D eigenvalue weighted by Crippen LogP contribution is 2.32. The van der Waals surface area contributed by atoms with Gasteiger partial charge >= 0.3 is 6.03 Å². The number of hydrogen-bond donors (Lipinski definition) is 2. The monoisotopic (exact) mass is 385 g/mol. The van der Waals surface area contributed by atoms with Crippen LogP contribution in [0.5, 0.6) is 0 Å². The molecule has 1 saturated carbocycles. The van der Waals surface area contributed by atoms with Crippen LogP contribution in [0.1, 0.15) is 70.4 Å². The van der Waals surface area contributed by atoms with Crippen LogP contribution in [0.2, 0.25) is 0 Å². The van der Waals surface area contributed by atoms with Crippen molar-refractivity contribution in [1.82, 2.24) is 15.5 Å². The first-order valence-electron chi connectivity index (χ1n) is 10.4. The Kier molecular flexibility index (Phi) is 6.37. The standard InChI is InChI=1S/C22H31N3O3/c1-16(2)14-18(17-10-6-5-7-11-17)23-19(26)15-25-20(27)22(24-21(25)28)12-8-3-4-9-13-22/h5-7,10-11,16,18H,3-4,8-9,12-15H2,1-2H3,(H,23,26)(H,24,28). The number of nitrogens with one attached hydrogen (secondary N) is 2. The third kappa shape index (κ3) is 4.54. The van der Waals surface area contributed by atoms with E-state index in [-0.39, 0.29) is 24.4 Å².